The number of esters is 3. The first-order chi connectivity index (χ1) is 13.0. The summed E-state index contributed by atoms with van der Waals surface area (Å²) >= 11 is 0. The van der Waals surface area contributed by atoms with Crippen molar-refractivity contribution < 1.29 is 23.9 Å². The van der Waals surface area contributed by atoms with Crippen molar-refractivity contribution in [1.82, 2.24) is 0 Å². The van der Waals surface area contributed by atoms with Crippen LogP contribution in [0.3, 0.4) is 0 Å². The van der Waals surface area contributed by atoms with E-state index in [1.54, 1.807) is 0 Å². The van der Waals surface area contributed by atoms with Crippen LogP contribution >= 0.6 is 0 Å². The van der Waals surface area contributed by atoms with Crippen LogP contribution in [-0.2, 0) is 36.7 Å². The van der Waals surface area contributed by atoms with Gasteiger partial charge in [-0.3, -0.25) is 14.4 Å². The molecule has 1 aliphatic heterocycles. The lowest BCUT2D eigenvalue weighted by Gasteiger charge is -2.08. The molecule has 5 heteroatoms. The van der Waals surface area contributed by atoms with E-state index in [1.165, 1.54) is 12.7 Å². The summed E-state index contributed by atoms with van der Waals surface area (Å²) in [4.78, 5) is 33.1. The van der Waals surface area contributed by atoms with Crippen molar-refractivity contribution in [2.75, 3.05) is 7.11 Å². The number of carbonyl (C=O) groups is 3. The van der Waals surface area contributed by atoms with Gasteiger partial charge in [-0.2, -0.15) is 0 Å². The Morgan fingerprint density at radius 1 is 1.04 bits per heavy atom. The largest absolute Gasteiger partial charge is 0.469 e. The summed E-state index contributed by atoms with van der Waals surface area (Å²) < 4.78 is 9.11. The molecule has 1 aliphatic rings. The highest BCUT2D eigenvalue weighted by atomic mass is 16.6. The van der Waals surface area contributed by atoms with Crippen molar-refractivity contribution in [3.63, 3.8) is 0 Å². The third-order valence-electron chi connectivity index (χ3n) is 4.27. The molecular formula is C22H24O5. The molecular weight excluding hydrogens is 344 g/mol. The van der Waals surface area contributed by atoms with E-state index in [2.05, 4.69) is 9.47 Å². The first kappa shape index (κ1) is 20.4. The van der Waals surface area contributed by atoms with E-state index in [9.17, 15) is 14.4 Å². The molecule has 0 aliphatic carbocycles. The zero-order valence-electron chi connectivity index (χ0n) is 15.6. The Bertz CT molecular complexity index is 755. The van der Waals surface area contributed by atoms with E-state index in [0.29, 0.717) is 6.42 Å². The van der Waals surface area contributed by atoms with E-state index in [4.69, 9.17) is 0 Å². The highest BCUT2D eigenvalue weighted by molar-refractivity contribution is 5.94. The fourth-order valence-corrected chi connectivity index (χ4v) is 2.83. The number of methoxy groups -OCH3 is 1. The van der Waals surface area contributed by atoms with Gasteiger partial charge >= 0.3 is 17.9 Å². The molecule has 0 N–H and O–H groups in total. The Morgan fingerprint density at radius 3 is 2.07 bits per heavy atom. The minimum Gasteiger partial charge on any atom is -0.469 e. The lowest BCUT2D eigenvalue weighted by molar-refractivity contribution is -0.153. The predicted molar refractivity (Wildman–Crippen MR) is 101 cm³/mol. The standard InChI is InChI=1S/C11H10O3.C11H14O2/c12-10-7-9(11(13)14-10)6-8-4-2-1-3-5-8;1-9(11(12)13-2)8-10-6-4-3-5-7-10/h1-5,9H,6-7H2;3-7,9H,8H2,1-2H3/t2*9-/m11/s1. The molecule has 1 heterocycles. The number of ether oxygens (including phenoxy) is 2. The first-order valence-electron chi connectivity index (χ1n) is 8.89. The molecule has 2 aromatic carbocycles. The molecule has 27 heavy (non-hydrogen) atoms. The number of benzene rings is 2. The van der Waals surface area contributed by atoms with E-state index in [0.717, 1.165) is 12.0 Å². The molecule has 1 fully saturated rings. The smallest absolute Gasteiger partial charge is 0.317 e. The molecule has 0 bridgehead atoms. The lowest BCUT2D eigenvalue weighted by atomic mass is 9.98. The van der Waals surface area contributed by atoms with E-state index in [1.807, 2.05) is 67.6 Å². The zero-order chi connectivity index (χ0) is 19.6. The van der Waals surface area contributed by atoms with Crippen molar-refractivity contribution in [1.29, 1.82) is 0 Å². The van der Waals surface area contributed by atoms with Crippen LogP contribution in [0.1, 0.15) is 24.5 Å². The molecule has 142 valence electrons. The number of hydrogen-bond acceptors (Lipinski definition) is 5. The number of cyclic esters (lactones) is 2. The average molecular weight is 368 g/mol. The van der Waals surface area contributed by atoms with E-state index < -0.39 is 5.97 Å². The lowest BCUT2D eigenvalue weighted by Crippen LogP contribution is -2.14. The topological polar surface area (TPSA) is 69.7 Å². The van der Waals surface area contributed by atoms with Gasteiger partial charge in [0.1, 0.15) is 0 Å². The fraction of sp³-hybridized carbons (Fsp3) is 0.318. The Hall–Kier alpha value is -2.95. The summed E-state index contributed by atoms with van der Waals surface area (Å²) in [6.07, 6.45) is 1.55. The molecule has 0 aromatic heterocycles. The highest BCUT2D eigenvalue weighted by Crippen LogP contribution is 2.20. The Kier molecular flexibility index (Phi) is 7.74. The highest BCUT2D eigenvalue weighted by Gasteiger charge is 2.33. The van der Waals surface area contributed by atoms with Crippen molar-refractivity contribution in [3.8, 4) is 0 Å². The minimum atomic E-state index is -0.407. The van der Waals surface area contributed by atoms with Gasteiger partial charge in [0.2, 0.25) is 0 Å². The summed E-state index contributed by atoms with van der Waals surface area (Å²) in [5, 5.41) is 0. The number of rotatable bonds is 5. The van der Waals surface area contributed by atoms with E-state index in [-0.39, 0.29) is 30.2 Å². The summed E-state index contributed by atoms with van der Waals surface area (Å²) in [5.41, 5.74) is 2.23. The Labute approximate surface area is 159 Å². The SMILES string of the molecule is COC(=O)[C@H](C)Cc1ccccc1.O=C1C[C@@H](Cc2ccccc2)C(=O)O1. The van der Waals surface area contributed by atoms with Crippen molar-refractivity contribution in [2.45, 2.75) is 26.2 Å². The quantitative estimate of drug-likeness (QED) is 0.598. The second-order valence-electron chi connectivity index (χ2n) is 6.50. The summed E-state index contributed by atoms with van der Waals surface area (Å²) in [6, 6.07) is 19.6. The predicted octanol–water partition coefficient (Wildman–Crippen LogP) is 3.36. The van der Waals surface area contributed by atoms with Gasteiger partial charge in [-0.25, -0.2) is 0 Å². The van der Waals surface area contributed by atoms with Crippen LogP contribution < -0.4 is 0 Å². The van der Waals surface area contributed by atoms with Crippen LogP contribution in [0.2, 0.25) is 0 Å². The maximum Gasteiger partial charge on any atom is 0.317 e. The zero-order valence-corrected chi connectivity index (χ0v) is 15.6. The molecule has 1 saturated heterocycles. The maximum absolute atomic E-state index is 11.1. The Morgan fingerprint density at radius 2 is 1.59 bits per heavy atom. The number of hydrogen-bond donors (Lipinski definition) is 0. The Balaban J connectivity index is 0.000000194. The van der Waals surface area contributed by atoms with Gasteiger partial charge in [0.15, 0.2) is 0 Å². The second-order valence-corrected chi connectivity index (χ2v) is 6.50. The van der Waals surface area contributed by atoms with E-state index >= 15 is 0 Å². The van der Waals surface area contributed by atoms with Crippen molar-refractivity contribution in [3.05, 3.63) is 71.8 Å². The van der Waals surface area contributed by atoms with Crippen LogP contribution in [0.15, 0.2) is 60.7 Å². The van der Waals surface area contributed by atoms with Crippen molar-refractivity contribution >= 4 is 17.9 Å². The van der Waals surface area contributed by atoms with Gasteiger partial charge in [-0.15, -0.1) is 0 Å². The van der Waals surface area contributed by atoms with Gasteiger partial charge in [0.05, 0.1) is 25.4 Å². The normalized spacial score (nSPS) is 16.7. The third kappa shape index (κ3) is 6.70. The molecule has 2 aromatic rings. The van der Waals surface area contributed by atoms with Gasteiger partial charge in [-0.1, -0.05) is 67.6 Å². The van der Waals surface area contributed by atoms with Gasteiger partial charge < -0.3 is 9.47 Å². The second kappa shape index (κ2) is 10.3. The minimum absolute atomic E-state index is 0.0626. The molecule has 3 rings (SSSR count). The van der Waals surface area contributed by atoms with Crippen LogP contribution in [0.5, 0.6) is 0 Å². The van der Waals surface area contributed by atoms with Gasteiger partial charge in [0, 0.05) is 0 Å². The maximum atomic E-state index is 11.1. The van der Waals surface area contributed by atoms with Crippen LogP contribution in [0.25, 0.3) is 0 Å². The summed E-state index contributed by atoms with van der Waals surface area (Å²) in [6.45, 7) is 1.87. The van der Waals surface area contributed by atoms with Gasteiger partial charge in [-0.05, 0) is 24.0 Å². The molecule has 0 spiro atoms. The number of carbonyl (C=O) groups excluding carboxylic acids is 3. The van der Waals surface area contributed by atoms with Gasteiger partial charge in [0.25, 0.3) is 0 Å². The van der Waals surface area contributed by atoms with Crippen LogP contribution in [0.4, 0.5) is 0 Å². The third-order valence-corrected chi connectivity index (χ3v) is 4.27. The monoisotopic (exact) mass is 368 g/mol. The molecule has 0 unspecified atom stereocenters. The average Bonchev–Trinajstić information content (AvgIpc) is 3.00. The first-order valence-corrected chi connectivity index (χ1v) is 8.89. The summed E-state index contributed by atoms with van der Waals surface area (Å²) in [7, 11) is 1.42. The molecule has 0 amide bonds. The molecule has 2 atom stereocenters. The van der Waals surface area contributed by atoms with Crippen LogP contribution in [0, 0.1) is 11.8 Å². The molecule has 0 radical (unpaired) electrons. The fourth-order valence-electron chi connectivity index (χ4n) is 2.83. The van der Waals surface area contributed by atoms with Crippen molar-refractivity contribution in [2.24, 2.45) is 11.8 Å². The molecule has 5 nitrogen and oxygen atoms in total. The summed E-state index contributed by atoms with van der Waals surface area (Å²) in [5.74, 6) is -1.30. The molecule has 0 saturated carbocycles. The van der Waals surface area contributed by atoms with Crippen LogP contribution in [-0.4, -0.2) is 25.0 Å².